The highest BCUT2D eigenvalue weighted by Gasteiger charge is 2.25. The fourth-order valence-electron chi connectivity index (χ4n) is 3.10. The number of nitrogens with two attached hydrogens (primary N) is 1. The number of carbonyl (C=O) groups is 1. The van der Waals surface area contributed by atoms with E-state index in [9.17, 15) is 4.79 Å². The quantitative estimate of drug-likeness (QED) is 0.625. The van der Waals surface area contributed by atoms with Crippen molar-refractivity contribution >= 4 is 29.0 Å². The number of benzene rings is 1. The Kier molecular flexibility index (Phi) is 3.12. The Balaban J connectivity index is 1.77. The molecule has 10 heteroatoms. The molecule has 0 spiro atoms. The normalized spacial score (nSPS) is 14.4. The van der Waals surface area contributed by atoms with Crippen molar-refractivity contribution < 1.29 is 8.91 Å². The molecule has 27 heavy (non-hydrogen) atoms. The summed E-state index contributed by atoms with van der Waals surface area (Å²) in [6.07, 6.45) is 1.18. The van der Waals surface area contributed by atoms with Crippen molar-refractivity contribution in [1.82, 2.24) is 30.0 Å². The Morgan fingerprint density at radius 3 is 3.04 bits per heavy atom. The summed E-state index contributed by atoms with van der Waals surface area (Å²) in [6.45, 7) is -0.291. The molecule has 1 aliphatic heterocycles. The molecule has 0 radical (unpaired) electrons. The number of para-hydroxylation sites is 1. The Hall–Kier alpha value is -3.69. The van der Waals surface area contributed by atoms with E-state index in [4.69, 9.17) is 9.85 Å². The van der Waals surface area contributed by atoms with Crippen molar-refractivity contribution in [2.45, 2.75) is 13.5 Å². The zero-order valence-corrected chi connectivity index (χ0v) is 14.7. The van der Waals surface area contributed by atoms with Gasteiger partial charge in [-0.3, -0.25) is 4.79 Å². The molecule has 0 fully saturated rings. The van der Waals surface area contributed by atoms with Gasteiger partial charge in [-0.15, -0.1) is 0 Å². The Labute approximate surface area is 159 Å². The predicted octanol–water partition coefficient (Wildman–Crippen LogP) is 1.00. The monoisotopic (exact) mass is 368 g/mol. The molecular formula is C17H19N9O. The fraction of sp³-hybridized carbons (Fsp3) is 0.235. The zero-order chi connectivity index (χ0) is 21.6. The summed E-state index contributed by atoms with van der Waals surface area (Å²) in [6, 6.07) is 5.55. The first-order valence-electron chi connectivity index (χ1n) is 9.61. The second-order valence-electron chi connectivity index (χ2n) is 6.09. The molecule has 4 rings (SSSR count). The average Bonchev–Trinajstić information content (AvgIpc) is 3.00. The van der Waals surface area contributed by atoms with Gasteiger partial charge in [0.05, 0.1) is 23.6 Å². The number of carbonyl (C=O) groups excluding carboxylic acids is 1. The van der Waals surface area contributed by atoms with Crippen LogP contribution in [0.2, 0.25) is 0 Å². The van der Waals surface area contributed by atoms with Crippen molar-refractivity contribution in [3.8, 4) is 5.69 Å². The van der Waals surface area contributed by atoms with Crippen molar-refractivity contribution in [2.75, 3.05) is 30.0 Å². The maximum absolute atomic E-state index is 12.4. The Morgan fingerprint density at radius 2 is 2.22 bits per heavy atom. The molecular weight excluding hydrogens is 346 g/mol. The molecule has 0 saturated heterocycles. The molecule has 4 N–H and O–H groups in total. The van der Waals surface area contributed by atoms with Crippen LogP contribution in [0.3, 0.4) is 0 Å². The van der Waals surface area contributed by atoms with Gasteiger partial charge in [0, 0.05) is 24.3 Å². The number of amides is 1. The summed E-state index contributed by atoms with van der Waals surface area (Å²) in [5.41, 5.74) is 7.91. The summed E-state index contributed by atoms with van der Waals surface area (Å²) in [5, 5.41) is 9.49. The van der Waals surface area contributed by atoms with Crippen LogP contribution in [0.5, 0.6) is 0 Å². The van der Waals surface area contributed by atoms with Crippen molar-refractivity contribution in [1.29, 1.82) is 0 Å². The van der Waals surface area contributed by atoms with Gasteiger partial charge in [0.2, 0.25) is 5.95 Å². The van der Waals surface area contributed by atoms with Gasteiger partial charge in [-0.05, 0) is 19.1 Å². The van der Waals surface area contributed by atoms with E-state index < -0.39 is 12.9 Å². The number of rotatable bonds is 3. The number of aryl methyl sites for hydroxylation is 1. The van der Waals surface area contributed by atoms with E-state index in [2.05, 4.69) is 25.4 Å². The largest absolute Gasteiger partial charge is 0.368 e. The summed E-state index contributed by atoms with van der Waals surface area (Å²) < 4.78 is 23.6. The minimum Gasteiger partial charge on any atom is -0.368 e. The van der Waals surface area contributed by atoms with Gasteiger partial charge in [0.25, 0.3) is 5.91 Å². The third kappa shape index (κ3) is 2.80. The van der Waals surface area contributed by atoms with Crippen LogP contribution in [0, 0.1) is 6.92 Å². The van der Waals surface area contributed by atoms with Gasteiger partial charge < -0.3 is 21.3 Å². The number of fused-ring (bicyclic) bond motifs is 3. The highest BCUT2D eigenvalue weighted by molar-refractivity contribution is 5.99. The molecule has 0 bridgehead atoms. The topological polar surface area (TPSA) is 127 Å². The Morgan fingerprint density at radius 1 is 1.37 bits per heavy atom. The lowest BCUT2D eigenvalue weighted by atomic mass is 10.1. The maximum atomic E-state index is 12.4. The smallest absolute Gasteiger partial charge is 0.256 e. The molecule has 0 atom stereocenters. The van der Waals surface area contributed by atoms with Crippen molar-refractivity contribution in [3.63, 3.8) is 0 Å². The van der Waals surface area contributed by atoms with Crippen molar-refractivity contribution in [3.05, 3.63) is 41.6 Å². The van der Waals surface area contributed by atoms with Crippen LogP contribution >= 0.6 is 0 Å². The van der Waals surface area contributed by atoms with Gasteiger partial charge in [0.15, 0.2) is 5.82 Å². The molecule has 3 heterocycles. The minimum absolute atomic E-state index is 0.0475. The highest BCUT2D eigenvalue weighted by Crippen LogP contribution is 2.38. The fourth-order valence-corrected chi connectivity index (χ4v) is 3.10. The molecule has 0 unspecified atom stereocenters. The molecule has 10 nitrogen and oxygen atoms in total. The van der Waals surface area contributed by atoms with E-state index in [0.717, 1.165) is 17.2 Å². The van der Waals surface area contributed by atoms with Gasteiger partial charge >= 0.3 is 0 Å². The van der Waals surface area contributed by atoms with Crippen molar-refractivity contribution in [2.24, 2.45) is 0 Å². The van der Waals surface area contributed by atoms with Crippen LogP contribution < -0.4 is 21.3 Å². The number of nitrogens with one attached hydrogen (secondary N) is 2. The van der Waals surface area contributed by atoms with E-state index in [1.807, 2.05) is 42.4 Å². The van der Waals surface area contributed by atoms with E-state index in [1.165, 1.54) is 6.20 Å². The predicted molar refractivity (Wildman–Crippen MR) is 101 cm³/mol. The number of anilines is 4. The average molecular weight is 368 g/mol. The SMILES string of the molecule is [2H]C([2H])([2H])NC(=O)c1cnc(N)nc1Nc1cccc2c1N(C)Cc1nc(C)nn1-2. The molecule has 2 aromatic heterocycles. The van der Waals surface area contributed by atoms with E-state index >= 15 is 0 Å². The molecule has 0 aliphatic carbocycles. The van der Waals surface area contributed by atoms with E-state index in [0.29, 0.717) is 18.1 Å². The van der Waals surface area contributed by atoms with Gasteiger partial charge in [-0.1, -0.05) is 6.07 Å². The van der Waals surface area contributed by atoms with Gasteiger partial charge in [0.1, 0.15) is 17.2 Å². The van der Waals surface area contributed by atoms with Crippen LogP contribution in [0.4, 0.5) is 23.1 Å². The lowest BCUT2D eigenvalue weighted by Crippen LogP contribution is -2.27. The second-order valence-corrected chi connectivity index (χ2v) is 6.09. The standard InChI is InChI=1S/C17H19N9O/c1-9-21-13-8-25(3)14-11(5-4-6-12(14)26(13)24-9)22-15-10(16(27)19-2)7-20-17(18)23-15/h4-7H,8H2,1-3H3,(H,19,27)(H3,18,20,22,23)/i2D3. The van der Waals surface area contributed by atoms with Crippen LogP contribution in [0.1, 0.15) is 26.1 Å². The van der Waals surface area contributed by atoms with Crippen LogP contribution in [-0.2, 0) is 6.54 Å². The summed E-state index contributed by atoms with van der Waals surface area (Å²) >= 11 is 0. The van der Waals surface area contributed by atoms with Gasteiger partial charge in [-0.2, -0.15) is 10.1 Å². The first-order valence-corrected chi connectivity index (χ1v) is 8.11. The van der Waals surface area contributed by atoms with Crippen LogP contribution in [0.15, 0.2) is 24.4 Å². The third-order valence-electron chi connectivity index (χ3n) is 4.20. The molecule has 138 valence electrons. The highest BCUT2D eigenvalue weighted by atomic mass is 16.1. The van der Waals surface area contributed by atoms with E-state index in [1.54, 1.807) is 4.68 Å². The number of nitrogen functional groups attached to an aromatic ring is 1. The molecule has 0 saturated carbocycles. The second kappa shape index (κ2) is 6.24. The molecule has 1 aliphatic rings. The molecule has 3 aromatic rings. The summed E-state index contributed by atoms with van der Waals surface area (Å²) in [7, 11) is 1.91. The summed E-state index contributed by atoms with van der Waals surface area (Å²) in [5.74, 6) is 0.659. The van der Waals surface area contributed by atoms with Crippen LogP contribution in [-0.4, -0.2) is 44.7 Å². The Bertz CT molecular complexity index is 1140. The maximum Gasteiger partial charge on any atom is 0.256 e. The summed E-state index contributed by atoms with van der Waals surface area (Å²) in [4.78, 5) is 26.8. The molecule has 1 aromatic carbocycles. The zero-order valence-electron chi connectivity index (χ0n) is 17.7. The number of hydrogen-bond donors (Lipinski definition) is 3. The molecule has 1 amide bonds. The van der Waals surface area contributed by atoms with Gasteiger partial charge in [-0.25, -0.2) is 14.6 Å². The van der Waals surface area contributed by atoms with Crippen LogP contribution in [0.25, 0.3) is 5.69 Å². The number of aromatic nitrogens is 5. The first kappa shape index (κ1) is 13.5. The number of nitrogens with zero attached hydrogens (tertiary/aromatic N) is 6. The first-order chi connectivity index (χ1) is 14.1. The third-order valence-corrected chi connectivity index (χ3v) is 4.20. The lowest BCUT2D eigenvalue weighted by molar-refractivity contribution is 0.0963. The number of hydrogen-bond acceptors (Lipinski definition) is 8. The lowest BCUT2D eigenvalue weighted by Gasteiger charge is -2.29. The minimum atomic E-state index is -2.65. The van der Waals surface area contributed by atoms with E-state index in [-0.39, 0.29) is 17.3 Å².